The highest BCUT2D eigenvalue weighted by molar-refractivity contribution is 7.89. The summed E-state index contributed by atoms with van der Waals surface area (Å²) in [4.78, 5) is 8.43. The standard InChI is InChI=1S/C9H9ClN6O2S2/c1-5(7-11-4-12-14-7)15-20(17,18)8-6(10)13-9-16(8)2-3-19-9/h2-5,15H,1H3,(H,11,12,14). The van der Waals surface area contributed by atoms with Crippen LogP contribution in [-0.2, 0) is 10.0 Å². The van der Waals surface area contributed by atoms with Gasteiger partial charge in [0.25, 0.3) is 10.0 Å². The molecule has 8 nitrogen and oxygen atoms in total. The second-order valence-electron chi connectivity index (χ2n) is 3.98. The van der Waals surface area contributed by atoms with E-state index in [0.29, 0.717) is 10.8 Å². The van der Waals surface area contributed by atoms with E-state index in [1.807, 2.05) is 0 Å². The van der Waals surface area contributed by atoms with Crippen molar-refractivity contribution in [3.63, 3.8) is 0 Å². The zero-order valence-electron chi connectivity index (χ0n) is 10.1. The third-order valence-electron chi connectivity index (χ3n) is 2.61. The smallest absolute Gasteiger partial charge is 0.260 e. The van der Waals surface area contributed by atoms with Gasteiger partial charge in [-0.3, -0.25) is 9.50 Å². The Morgan fingerprint density at radius 1 is 1.55 bits per heavy atom. The minimum absolute atomic E-state index is 0.0610. The molecule has 1 unspecified atom stereocenters. The minimum atomic E-state index is -3.83. The van der Waals surface area contributed by atoms with Crippen LogP contribution in [0, 0.1) is 0 Å². The number of thiazole rings is 1. The average Bonchev–Trinajstić information content (AvgIpc) is 3.01. The molecule has 106 valence electrons. The normalized spacial score (nSPS) is 13.9. The third-order valence-corrected chi connectivity index (χ3v) is 5.30. The molecule has 0 aromatic carbocycles. The Morgan fingerprint density at radius 3 is 3.05 bits per heavy atom. The second-order valence-corrected chi connectivity index (χ2v) is 6.84. The molecule has 11 heteroatoms. The number of nitrogens with one attached hydrogen (secondary N) is 2. The van der Waals surface area contributed by atoms with E-state index in [1.54, 1.807) is 18.5 Å². The maximum atomic E-state index is 12.4. The van der Waals surface area contributed by atoms with Crippen LogP contribution in [-0.4, -0.2) is 33.0 Å². The van der Waals surface area contributed by atoms with Crippen molar-refractivity contribution in [3.8, 4) is 0 Å². The highest BCUT2D eigenvalue weighted by atomic mass is 35.5. The Hall–Kier alpha value is -1.49. The largest absolute Gasteiger partial charge is 0.279 e. The van der Waals surface area contributed by atoms with E-state index < -0.39 is 16.1 Å². The van der Waals surface area contributed by atoms with E-state index in [-0.39, 0.29) is 10.2 Å². The SMILES string of the molecule is CC(NS(=O)(=O)c1c(Cl)nc2sccn12)c1ncn[nH]1. The van der Waals surface area contributed by atoms with Gasteiger partial charge in [-0.15, -0.1) is 11.3 Å². The first-order valence-corrected chi connectivity index (χ1v) is 8.22. The second kappa shape index (κ2) is 4.81. The summed E-state index contributed by atoms with van der Waals surface area (Å²) in [6, 6.07) is -0.567. The molecule has 0 spiro atoms. The van der Waals surface area contributed by atoms with Crippen molar-refractivity contribution in [1.82, 2.24) is 29.3 Å². The molecule has 3 aromatic rings. The number of aromatic nitrogens is 5. The van der Waals surface area contributed by atoms with Crippen LogP contribution < -0.4 is 4.72 Å². The van der Waals surface area contributed by atoms with Crippen LogP contribution in [0.3, 0.4) is 0 Å². The number of hydrogen-bond acceptors (Lipinski definition) is 6. The number of aromatic amines is 1. The maximum Gasteiger partial charge on any atom is 0.260 e. The highest BCUT2D eigenvalue weighted by Gasteiger charge is 2.27. The number of rotatable bonds is 4. The molecule has 3 aromatic heterocycles. The first-order chi connectivity index (χ1) is 9.49. The highest BCUT2D eigenvalue weighted by Crippen LogP contribution is 2.26. The molecule has 0 aliphatic rings. The maximum absolute atomic E-state index is 12.4. The zero-order valence-corrected chi connectivity index (χ0v) is 12.5. The van der Waals surface area contributed by atoms with Gasteiger partial charge in [-0.1, -0.05) is 11.6 Å². The van der Waals surface area contributed by atoms with Gasteiger partial charge in [-0.2, -0.15) is 9.82 Å². The molecule has 20 heavy (non-hydrogen) atoms. The summed E-state index contributed by atoms with van der Waals surface area (Å²) in [5, 5.41) is 7.88. The van der Waals surface area contributed by atoms with Crippen molar-refractivity contribution in [3.05, 3.63) is 28.9 Å². The van der Waals surface area contributed by atoms with Crippen molar-refractivity contribution < 1.29 is 8.42 Å². The molecule has 0 bridgehead atoms. The quantitative estimate of drug-likeness (QED) is 0.747. The van der Waals surface area contributed by atoms with E-state index in [4.69, 9.17) is 11.6 Å². The predicted octanol–water partition coefficient (Wildman–Crippen LogP) is 1.21. The Labute approximate surface area is 122 Å². The van der Waals surface area contributed by atoms with Crippen molar-refractivity contribution in [2.75, 3.05) is 0 Å². The monoisotopic (exact) mass is 332 g/mol. The predicted molar refractivity (Wildman–Crippen MR) is 73.2 cm³/mol. The first kappa shape index (κ1) is 13.5. The van der Waals surface area contributed by atoms with Gasteiger partial charge in [0, 0.05) is 11.6 Å². The van der Waals surface area contributed by atoms with Gasteiger partial charge in [0.2, 0.25) is 0 Å². The molecular weight excluding hydrogens is 324 g/mol. The summed E-state index contributed by atoms with van der Waals surface area (Å²) in [6.45, 7) is 1.65. The summed E-state index contributed by atoms with van der Waals surface area (Å²) >= 11 is 7.22. The summed E-state index contributed by atoms with van der Waals surface area (Å²) in [5.41, 5.74) is 0. The molecular formula is C9H9ClN6O2S2. The lowest BCUT2D eigenvalue weighted by Gasteiger charge is -2.11. The average molecular weight is 333 g/mol. The summed E-state index contributed by atoms with van der Waals surface area (Å²) in [6.07, 6.45) is 2.91. The number of imidazole rings is 1. The minimum Gasteiger partial charge on any atom is -0.279 e. The van der Waals surface area contributed by atoms with Gasteiger partial charge in [-0.05, 0) is 6.92 Å². The zero-order chi connectivity index (χ0) is 14.3. The van der Waals surface area contributed by atoms with Crippen molar-refractivity contribution in [2.45, 2.75) is 18.0 Å². The third kappa shape index (κ3) is 2.20. The van der Waals surface area contributed by atoms with Crippen LogP contribution in [0.5, 0.6) is 0 Å². The fraction of sp³-hybridized carbons (Fsp3) is 0.222. The van der Waals surface area contributed by atoms with Gasteiger partial charge in [-0.25, -0.2) is 18.4 Å². The molecule has 1 atom stereocenters. The molecule has 2 N–H and O–H groups in total. The molecule has 0 aliphatic heterocycles. The van der Waals surface area contributed by atoms with Gasteiger partial charge in [0.1, 0.15) is 12.2 Å². The number of sulfonamides is 1. The van der Waals surface area contributed by atoms with Crippen LogP contribution in [0.1, 0.15) is 18.8 Å². The number of H-pyrrole nitrogens is 1. The molecule has 0 fully saturated rings. The Balaban J connectivity index is 2.00. The van der Waals surface area contributed by atoms with Crippen LogP contribution in [0.15, 0.2) is 22.9 Å². The van der Waals surface area contributed by atoms with E-state index >= 15 is 0 Å². The number of nitrogens with zero attached hydrogens (tertiary/aromatic N) is 4. The molecule has 0 aliphatic carbocycles. The Kier molecular flexibility index (Phi) is 3.24. The van der Waals surface area contributed by atoms with Gasteiger partial charge >= 0.3 is 0 Å². The number of halogens is 1. The Morgan fingerprint density at radius 2 is 2.35 bits per heavy atom. The lowest BCUT2D eigenvalue weighted by molar-refractivity contribution is 0.556. The van der Waals surface area contributed by atoms with Crippen molar-refractivity contribution >= 4 is 37.9 Å². The van der Waals surface area contributed by atoms with Gasteiger partial charge in [0.15, 0.2) is 15.1 Å². The van der Waals surface area contributed by atoms with Gasteiger partial charge in [0.05, 0.1) is 6.04 Å². The topological polar surface area (TPSA) is 105 Å². The van der Waals surface area contributed by atoms with E-state index in [2.05, 4.69) is 24.9 Å². The van der Waals surface area contributed by atoms with Gasteiger partial charge < -0.3 is 0 Å². The van der Waals surface area contributed by atoms with E-state index in [0.717, 1.165) is 0 Å². The van der Waals surface area contributed by atoms with Crippen LogP contribution in [0.2, 0.25) is 5.15 Å². The van der Waals surface area contributed by atoms with Crippen molar-refractivity contribution in [2.24, 2.45) is 0 Å². The molecule has 0 amide bonds. The fourth-order valence-electron chi connectivity index (χ4n) is 1.75. The Bertz CT molecular complexity index is 837. The summed E-state index contributed by atoms with van der Waals surface area (Å²) < 4.78 is 28.8. The fourth-order valence-corrected chi connectivity index (χ4v) is 4.41. The summed E-state index contributed by atoms with van der Waals surface area (Å²) in [7, 11) is -3.83. The number of hydrogen-bond donors (Lipinski definition) is 2. The lowest BCUT2D eigenvalue weighted by atomic mass is 10.3. The van der Waals surface area contributed by atoms with Crippen LogP contribution >= 0.6 is 22.9 Å². The number of fused-ring (bicyclic) bond motifs is 1. The van der Waals surface area contributed by atoms with Crippen LogP contribution in [0.25, 0.3) is 4.96 Å². The molecule has 0 saturated heterocycles. The van der Waals surface area contributed by atoms with E-state index in [1.165, 1.54) is 22.1 Å². The first-order valence-electron chi connectivity index (χ1n) is 5.47. The molecule has 0 saturated carbocycles. The van der Waals surface area contributed by atoms with Crippen molar-refractivity contribution in [1.29, 1.82) is 0 Å². The molecule has 3 heterocycles. The van der Waals surface area contributed by atoms with Crippen LogP contribution in [0.4, 0.5) is 0 Å². The molecule has 3 rings (SSSR count). The van der Waals surface area contributed by atoms with E-state index in [9.17, 15) is 8.42 Å². The molecule has 0 radical (unpaired) electrons. The summed E-state index contributed by atoms with van der Waals surface area (Å²) in [5.74, 6) is 0.413. The lowest BCUT2D eigenvalue weighted by Crippen LogP contribution is -2.28.